The van der Waals surface area contributed by atoms with E-state index in [1.807, 2.05) is 36.4 Å². The van der Waals surface area contributed by atoms with Gasteiger partial charge in [0.05, 0.1) is 0 Å². The third-order valence-electron chi connectivity index (χ3n) is 3.22. The van der Waals surface area contributed by atoms with Gasteiger partial charge in [-0.25, -0.2) is 4.79 Å². The van der Waals surface area contributed by atoms with Crippen molar-refractivity contribution in [3.63, 3.8) is 0 Å². The van der Waals surface area contributed by atoms with Crippen LogP contribution in [0.5, 0.6) is 0 Å². The number of ketones is 1. The molecule has 3 nitrogen and oxygen atoms in total. The van der Waals surface area contributed by atoms with Gasteiger partial charge in [0, 0.05) is 5.56 Å². The van der Waals surface area contributed by atoms with Gasteiger partial charge >= 0.3 is 5.97 Å². The van der Waals surface area contributed by atoms with Crippen molar-refractivity contribution in [1.29, 1.82) is 0 Å². The molecule has 0 spiro atoms. The van der Waals surface area contributed by atoms with Crippen LogP contribution in [0, 0.1) is 0 Å². The number of carboxylic acids is 1. The Morgan fingerprint density at radius 1 is 1.00 bits per heavy atom. The first-order valence-corrected chi connectivity index (χ1v) is 6.47. The average Bonchev–Trinajstić information content (AvgIpc) is 2.46. The van der Waals surface area contributed by atoms with Crippen LogP contribution in [0.3, 0.4) is 0 Å². The minimum atomic E-state index is -1.43. The zero-order valence-corrected chi connectivity index (χ0v) is 11.5. The van der Waals surface area contributed by atoms with Gasteiger partial charge in [-0.05, 0) is 28.7 Å². The number of Topliss-reactive ketones (excluding diaryl/α,β-unsaturated/α-hetero) is 1. The molecule has 1 N–H and O–H groups in total. The predicted octanol–water partition coefficient (Wildman–Crippen LogP) is 3.74. The number of carboxylic acid groups (broad SMARTS) is 1. The first-order chi connectivity index (χ1) is 9.50. The van der Waals surface area contributed by atoms with Gasteiger partial charge in [0.15, 0.2) is 0 Å². The monoisotopic (exact) mass is 268 g/mol. The molecule has 0 atom stereocenters. The molecule has 2 rings (SSSR count). The minimum absolute atomic E-state index is 0.209. The Bertz CT molecular complexity index is 643. The highest BCUT2D eigenvalue weighted by Gasteiger charge is 2.17. The summed E-state index contributed by atoms with van der Waals surface area (Å²) >= 11 is 0. The molecule has 0 heterocycles. The summed E-state index contributed by atoms with van der Waals surface area (Å²) in [6.07, 6.45) is 0. The predicted molar refractivity (Wildman–Crippen MR) is 77.9 cm³/mol. The van der Waals surface area contributed by atoms with Crippen LogP contribution in [0.1, 0.15) is 35.7 Å². The van der Waals surface area contributed by atoms with Crippen LogP contribution in [0.2, 0.25) is 0 Å². The third-order valence-corrected chi connectivity index (χ3v) is 3.22. The molecule has 0 aliphatic carbocycles. The Labute approximate surface area is 117 Å². The molecule has 0 aliphatic heterocycles. The fraction of sp³-hybridized carbons (Fsp3) is 0.176. The molecule has 2 aromatic carbocycles. The molecule has 102 valence electrons. The SMILES string of the molecule is CC(C)c1ccc(C(=O)C(=O)O)cc1-c1ccccc1. The largest absolute Gasteiger partial charge is 0.475 e. The molecule has 3 heteroatoms. The molecule has 0 saturated heterocycles. The number of carbonyl (C=O) groups is 2. The summed E-state index contributed by atoms with van der Waals surface area (Å²) in [4.78, 5) is 22.4. The van der Waals surface area contributed by atoms with Gasteiger partial charge in [0.1, 0.15) is 0 Å². The average molecular weight is 268 g/mol. The molecule has 0 unspecified atom stereocenters. The van der Waals surface area contributed by atoms with Crippen LogP contribution in [0.15, 0.2) is 48.5 Å². The second-order valence-corrected chi connectivity index (χ2v) is 4.96. The maximum atomic E-state index is 11.6. The van der Waals surface area contributed by atoms with Crippen LogP contribution >= 0.6 is 0 Å². The van der Waals surface area contributed by atoms with Gasteiger partial charge in [-0.1, -0.05) is 56.3 Å². The van der Waals surface area contributed by atoms with Gasteiger partial charge in [-0.2, -0.15) is 0 Å². The second-order valence-electron chi connectivity index (χ2n) is 4.96. The molecule has 0 aliphatic rings. The number of hydrogen-bond acceptors (Lipinski definition) is 2. The van der Waals surface area contributed by atoms with Gasteiger partial charge in [-0.3, -0.25) is 4.79 Å². The van der Waals surface area contributed by atoms with E-state index in [2.05, 4.69) is 13.8 Å². The number of aliphatic carboxylic acids is 1. The summed E-state index contributed by atoms with van der Waals surface area (Å²) in [5.41, 5.74) is 3.20. The van der Waals surface area contributed by atoms with Gasteiger partial charge in [0.25, 0.3) is 5.78 Å². The quantitative estimate of drug-likeness (QED) is 0.678. The molecule has 0 aromatic heterocycles. The Hall–Kier alpha value is -2.42. The van der Waals surface area contributed by atoms with Crippen LogP contribution in [-0.4, -0.2) is 16.9 Å². The normalized spacial score (nSPS) is 10.6. The van der Waals surface area contributed by atoms with Crippen molar-refractivity contribution in [3.8, 4) is 11.1 Å². The van der Waals surface area contributed by atoms with Gasteiger partial charge < -0.3 is 5.11 Å². The summed E-state index contributed by atoms with van der Waals surface area (Å²) in [6.45, 7) is 4.14. The van der Waals surface area contributed by atoms with E-state index in [1.165, 1.54) is 0 Å². The molecule has 0 bridgehead atoms. The van der Waals surface area contributed by atoms with Gasteiger partial charge in [0.2, 0.25) is 0 Å². The lowest BCUT2D eigenvalue weighted by Gasteiger charge is -2.14. The van der Waals surface area contributed by atoms with E-state index in [1.54, 1.807) is 12.1 Å². The molecular formula is C17H16O3. The van der Waals surface area contributed by atoms with Gasteiger partial charge in [-0.15, -0.1) is 0 Å². The van der Waals surface area contributed by atoms with E-state index in [0.29, 0.717) is 5.92 Å². The first kappa shape index (κ1) is 14.0. The standard InChI is InChI=1S/C17H16O3/c1-11(2)14-9-8-13(16(18)17(19)20)10-15(14)12-6-4-3-5-7-12/h3-11H,1-2H3,(H,19,20). The maximum absolute atomic E-state index is 11.6. The van der Waals surface area contributed by atoms with Crippen molar-refractivity contribution in [2.75, 3.05) is 0 Å². The fourth-order valence-corrected chi connectivity index (χ4v) is 2.19. The van der Waals surface area contributed by atoms with E-state index in [4.69, 9.17) is 5.11 Å². The first-order valence-electron chi connectivity index (χ1n) is 6.47. The molecule has 0 fully saturated rings. The molecule has 2 aromatic rings. The number of rotatable bonds is 4. The van der Waals surface area contributed by atoms with Crippen molar-refractivity contribution in [2.24, 2.45) is 0 Å². The highest BCUT2D eigenvalue weighted by Crippen LogP contribution is 2.30. The zero-order valence-electron chi connectivity index (χ0n) is 11.5. The molecular weight excluding hydrogens is 252 g/mol. The van der Waals surface area contributed by atoms with Crippen molar-refractivity contribution >= 4 is 11.8 Å². The Morgan fingerprint density at radius 3 is 2.20 bits per heavy atom. The Kier molecular flexibility index (Phi) is 3.99. The Balaban J connectivity index is 2.60. The topological polar surface area (TPSA) is 54.4 Å². The Morgan fingerprint density at radius 2 is 1.65 bits per heavy atom. The highest BCUT2D eigenvalue weighted by atomic mass is 16.4. The van der Waals surface area contributed by atoms with Crippen LogP contribution in [0.25, 0.3) is 11.1 Å². The van der Waals surface area contributed by atoms with E-state index >= 15 is 0 Å². The number of hydrogen-bond donors (Lipinski definition) is 1. The second kappa shape index (κ2) is 5.70. The minimum Gasteiger partial charge on any atom is -0.475 e. The molecule has 0 radical (unpaired) electrons. The maximum Gasteiger partial charge on any atom is 0.377 e. The van der Waals surface area contributed by atoms with Crippen molar-refractivity contribution < 1.29 is 14.7 Å². The summed E-state index contributed by atoms with van der Waals surface area (Å²) < 4.78 is 0. The number of benzene rings is 2. The van der Waals surface area contributed by atoms with Crippen LogP contribution in [-0.2, 0) is 4.79 Å². The van der Waals surface area contributed by atoms with E-state index in [9.17, 15) is 9.59 Å². The van der Waals surface area contributed by atoms with Crippen LogP contribution < -0.4 is 0 Å². The smallest absolute Gasteiger partial charge is 0.377 e. The zero-order chi connectivity index (χ0) is 14.7. The van der Waals surface area contributed by atoms with Crippen molar-refractivity contribution in [3.05, 3.63) is 59.7 Å². The highest BCUT2D eigenvalue weighted by molar-refractivity contribution is 6.40. The van der Waals surface area contributed by atoms with Crippen molar-refractivity contribution in [1.82, 2.24) is 0 Å². The van der Waals surface area contributed by atoms with Crippen molar-refractivity contribution in [2.45, 2.75) is 19.8 Å². The van der Waals surface area contributed by atoms with Crippen LogP contribution in [0.4, 0.5) is 0 Å². The summed E-state index contributed by atoms with van der Waals surface area (Å²) in [7, 11) is 0. The molecule has 0 amide bonds. The lowest BCUT2D eigenvalue weighted by molar-refractivity contribution is -0.131. The molecule has 0 saturated carbocycles. The lowest BCUT2D eigenvalue weighted by atomic mass is 9.90. The van der Waals surface area contributed by atoms with E-state index in [-0.39, 0.29) is 5.56 Å². The third kappa shape index (κ3) is 2.77. The lowest BCUT2D eigenvalue weighted by Crippen LogP contribution is -2.13. The van der Waals surface area contributed by atoms with E-state index < -0.39 is 11.8 Å². The number of carbonyl (C=O) groups excluding carboxylic acids is 1. The van der Waals surface area contributed by atoms with E-state index in [0.717, 1.165) is 16.7 Å². The summed E-state index contributed by atoms with van der Waals surface area (Å²) in [5.74, 6) is -2.02. The summed E-state index contributed by atoms with van der Waals surface area (Å²) in [5, 5.41) is 8.83. The fourth-order valence-electron chi connectivity index (χ4n) is 2.19. The summed E-state index contributed by atoms with van der Waals surface area (Å²) in [6, 6.07) is 14.8. The molecule has 20 heavy (non-hydrogen) atoms.